The number of benzene rings is 12. The minimum absolute atomic E-state index is 0.143. The molecule has 0 aliphatic heterocycles. The number of para-hydroxylation sites is 3. The topological polar surface area (TPSA) is 35.6 Å². The molecule has 1 aliphatic carbocycles. The molecule has 15 aromatic rings. The third kappa shape index (κ3) is 5.18. The van der Waals surface area contributed by atoms with Gasteiger partial charge in [0.2, 0.25) is 5.95 Å². The zero-order chi connectivity index (χ0) is 46.7. The van der Waals surface area contributed by atoms with Crippen LogP contribution in [-0.2, 0) is 5.41 Å². The zero-order valence-electron chi connectivity index (χ0n) is 39.1. The maximum atomic E-state index is 5.66. The summed E-state index contributed by atoms with van der Waals surface area (Å²) in [5.41, 5.74) is 16.2. The predicted molar refractivity (Wildman–Crippen MR) is 298 cm³/mol. The van der Waals surface area contributed by atoms with Crippen molar-refractivity contribution in [2.75, 3.05) is 0 Å². The van der Waals surface area contributed by atoms with Crippen LogP contribution in [0.1, 0.15) is 25.0 Å². The number of nitrogens with zero attached hydrogens (tertiary/aromatic N) is 4. The minimum atomic E-state index is -0.143. The van der Waals surface area contributed by atoms with E-state index in [4.69, 9.17) is 9.97 Å². The van der Waals surface area contributed by atoms with Gasteiger partial charge in [-0.15, -0.1) is 0 Å². The van der Waals surface area contributed by atoms with Gasteiger partial charge in [-0.05, 0) is 125 Å². The highest BCUT2D eigenvalue weighted by Gasteiger charge is 2.35. The summed E-state index contributed by atoms with van der Waals surface area (Å²) >= 11 is 0. The van der Waals surface area contributed by atoms with E-state index in [1.807, 2.05) is 0 Å². The lowest BCUT2D eigenvalue weighted by atomic mass is 9.82. The Balaban J connectivity index is 1.00. The monoisotopic (exact) mass is 902 g/mol. The third-order valence-electron chi connectivity index (χ3n) is 16.1. The highest BCUT2D eigenvalue weighted by atomic mass is 15.2. The molecular weight excluding hydrogens is 861 g/mol. The molecule has 3 heterocycles. The fourth-order valence-corrected chi connectivity index (χ4v) is 12.9. The molecule has 0 N–H and O–H groups in total. The third-order valence-corrected chi connectivity index (χ3v) is 16.1. The smallest absolute Gasteiger partial charge is 0.235 e. The lowest BCUT2D eigenvalue weighted by molar-refractivity contribution is 0.660. The molecule has 12 aromatic carbocycles. The Morgan fingerprint density at radius 2 is 0.845 bits per heavy atom. The van der Waals surface area contributed by atoms with Crippen LogP contribution in [0.2, 0.25) is 0 Å². The second-order valence-electron chi connectivity index (χ2n) is 20.0. The summed E-state index contributed by atoms with van der Waals surface area (Å²) < 4.78 is 4.80. The number of fused-ring (bicyclic) bond motifs is 14. The molecule has 4 heteroatoms. The van der Waals surface area contributed by atoms with E-state index in [0.29, 0.717) is 5.95 Å². The molecule has 1 aliphatic rings. The number of rotatable bonds is 4. The molecule has 4 nitrogen and oxygen atoms in total. The van der Waals surface area contributed by atoms with Crippen molar-refractivity contribution in [3.05, 3.63) is 230 Å². The van der Waals surface area contributed by atoms with Gasteiger partial charge in [-0.3, -0.25) is 4.57 Å². The van der Waals surface area contributed by atoms with Crippen LogP contribution in [-0.4, -0.2) is 19.1 Å². The molecule has 0 fully saturated rings. The van der Waals surface area contributed by atoms with E-state index < -0.39 is 0 Å². The molecule has 0 saturated heterocycles. The van der Waals surface area contributed by atoms with Crippen molar-refractivity contribution in [3.63, 3.8) is 0 Å². The second-order valence-corrected chi connectivity index (χ2v) is 20.0. The van der Waals surface area contributed by atoms with Crippen molar-refractivity contribution in [1.29, 1.82) is 0 Å². The largest absolute Gasteiger partial charge is 0.309 e. The van der Waals surface area contributed by atoms with Gasteiger partial charge >= 0.3 is 0 Å². The van der Waals surface area contributed by atoms with Gasteiger partial charge in [0, 0.05) is 43.6 Å². The Morgan fingerprint density at radius 3 is 1.55 bits per heavy atom. The Bertz CT molecular complexity index is 4760. The first-order valence-electron chi connectivity index (χ1n) is 24.7. The maximum absolute atomic E-state index is 5.66. The van der Waals surface area contributed by atoms with Gasteiger partial charge in [0.25, 0.3) is 0 Å². The van der Waals surface area contributed by atoms with Crippen LogP contribution < -0.4 is 0 Å². The van der Waals surface area contributed by atoms with E-state index in [9.17, 15) is 0 Å². The summed E-state index contributed by atoms with van der Waals surface area (Å²) in [4.78, 5) is 11.1. The van der Waals surface area contributed by atoms with E-state index in [2.05, 4.69) is 241 Å². The van der Waals surface area contributed by atoms with E-state index >= 15 is 0 Å². The SMILES string of the molecule is CC1(C)c2ccccc2-c2ccc(-c3nc(-n4c5ccccc5c5c6cccc7c8cccc9c8c(cc8c9c9ccccc9n8-c8ccc(-c9ccccc9)cc8)c(cc54)c76)nc4ccccc34)cc21. The van der Waals surface area contributed by atoms with Crippen LogP contribution in [0.3, 0.4) is 0 Å². The van der Waals surface area contributed by atoms with Gasteiger partial charge in [-0.25, -0.2) is 9.97 Å². The molecular formula is C67H42N4. The van der Waals surface area contributed by atoms with E-state index in [-0.39, 0.29) is 5.41 Å². The van der Waals surface area contributed by atoms with Crippen molar-refractivity contribution in [2.24, 2.45) is 0 Å². The molecule has 0 atom stereocenters. The lowest BCUT2D eigenvalue weighted by Gasteiger charge is -2.22. The molecule has 71 heavy (non-hydrogen) atoms. The Labute approximate surface area is 408 Å². The van der Waals surface area contributed by atoms with Gasteiger partial charge in [-0.2, -0.15) is 0 Å². The molecule has 0 bridgehead atoms. The van der Waals surface area contributed by atoms with Crippen molar-refractivity contribution >= 4 is 97.6 Å². The average Bonchev–Trinajstić information content (AvgIpc) is 4.02. The van der Waals surface area contributed by atoms with Crippen LogP contribution in [0, 0.1) is 0 Å². The molecule has 0 radical (unpaired) electrons. The van der Waals surface area contributed by atoms with Gasteiger partial charge < -0.3 is 4.57 Å². The summed E-state index contributed by atoms with van der Waals surface area (Å²) in [6.45, 7) is 4.69. The first-order chi connectivity index (χ1) is 35.0. The van der Waals surface area contributed by atoms with Gasteiger partial charge in [0.05, 0.1) is 33.3 Å². The Kier molecular flexibility index (Phi) is 7.65. The number of aromatic nitrogens is 4. The van der Waals surface area contributed by atoms with Crippen molar-refractivity contribution in [3.8, 4) is 45.1 Å². The summed E-state index contributed by atoms with van der Waals surface area (Å²) in [6.07, 6.45) is 0. The van der Waals surface area contributed by atoms with Gasteiger partial charge in [0.1, 0.15) is 0 Å². The second kappa shape index (κ2) is 14.0. The Morgan fingerprint density at radius 1 is 0.324 bits per heavy atom. The molecule has 0 spiro atoms. The standard InChI is InChI=1S/C67H42N4/c1-67(2)54-26-10-6-18-43(54)44-35-32-41(36-55(44)67)65-47-19-7-11-27-56(47)68-66(69-65)71-58-29-13-9-21-49(58)64-51-25-15-23-46-45-22-14-24-50-61(45)52(53(62(46)51)38-60(64)71)37-59-63(50)48-20-8-12-28-57(48)70(59)42-33-30-40(31-34-42)39-16-4-3-5-17-39/h3-38H,1-2H3. The predicted octanol–water partition coefficient (Wildman–Crippen LogP) is 17.5. The van der Waals surface area contributed by atoms with Crippen molar-refractivity contribution < 1.29 is 0 Å². The maximum Gasteiger partial charge on any atom is 0.235 e. The molecule has 0 amide bonds. The average molecular weight is 903 g/mol. The number of hydrogen-bond donors (Lipinski definition) is 0. The Hall–Kier alpha value is -9.12. The minimum Gasteiger partial charge on any atom is -0.309 e. The fraction of sp³-hybridized carbons (Fsp3) is 0.0448. The first-order valence-corrected chi connectivity index (χ1v) is 24.7. The molecule has 0 saturated carbocycles. The summed E-state index contributed by atoms with van der Waals surface area (Å²) in [6, 6.07) is 80.5. The van der Waals surface area contributed by atoms with E-state index in [0.717, 1.165) is 38.9 Å². The number of hydrogen-bond acceptors (Lipinski definition) is 2. The van der Waals surface area contributed by atoms with E-state index in [1.165, 1.54) is 109 Å². The molecule has 3 aromatic heterocycles. The van der Waals surface area contributed by atoms with Crippen LogP contribution in [0.25, 0.3) is 143 Å². The fourth-order valence-electron chi connectivity index (χ4n) is 12.9. The van der Waals surface area contributed by atoms with E-state index in [1.54, 1.807) is 0 Å². The van der Waals surface area contributed by atoms with Gasteiger partial charge in [-0.1, -0.05) is 184 Å². The van der Waals surface area contributed by atoms with Crippen LogP contribution >= 0.6 is 0 Å². The molecule has 16 rings (SSSR count). The van der Waals surface area contributed by atoms with Crippen LogP contribution in [0.4, 0.5) is 0 Å². The van der Waals surface area contributed by atoms with Gasteiger partial charge in [0.15, 0.2) is 0 Å². The lowest BCUT2D eigenvalue weighted by Crippen LogP contribution is -2.15. The van der Waals surface area contributed by atoms with Crippen molar-refractivity contribution in [1.82, 2.24) is 19.1 Å². The summed E-state index contributed by atoms with van der Waals surface area (Å²) in [5.74, 6) is 0.659. The van der Waals surface area contributed by atoms with Crippen molar-refractivity contribution in [2.45, 2.75) is 19.3 Å². The highest BCUT2D eigenvalue weighted by Crippen LogP contribution is 2.51. The first kappa shape index (κ1) is 38.8. The molecule has 0 unspecified atom stereocenters. The highest BCUT2D eigenvalue weighted by molar-refractivity contribution is 6.41. The molecule has 330 valence electrons. The zero-order valence-corrected chi connectivity index (χ0v) is 39.1. The van der Waals surface area contributed by atoms with Crippen LogP contribution in [0.5, 0.6) is 0 Å². The quantitative estimate of drug-likeness (QED) is 0.130. The summed E-state index contributed by atoms with van der Waals surface area (Å²) in [5, 5.41) is 16.0. The van der Waals surface area contributed by atoms with Crippen LogP contribution in [0.15, 0.2) is 218 Å². The summed E-state index contributed by atoms with van der Waals surface area (Å²) in [7, 11) is 0. The normalized spacial score (nSPS) is 13.3.